The van der Waals surface area contributed by atoms with Gasteiger partial charge in [0.15, 0.2) is 0 Å². The lowest BCUT2D eigenvalue weighted by molar-refractivity contribution is -0.137. The summed E-state index contributed by atoms with van der Waals surface area (Å²) in [4.78, 5) is 28.6. The number of halogens is 5. The van der Waals surface area contributed by atoms with E-state index in [1.54, 1.807) is 13.0 Å². The van der Waals surface area contributed by atoms with E-state index in [1.807, 2.05) is 0 Å². The molecule has 4 rings (SSSR count). The molecule has 9 nitrogen and oxygen atoms in total. The SMILES string of the molecule is CCOC(=O)N[C@@H]1Cc2ncc(NC(=O)c3c(Cl)cccc3Cl)cc2N(S(=O)(=O)c2cccc(C(F)(F)F)c2)C1. The molecule has 2 aromatic carbocycles. The van der Waals surface area contributed by atoms with Crippen LogP contribution in [0.3, 0.4) is 0 Å². The Labute approximate surface area is 237 Å². The van der Waals surface area contributed by atoms with Crippen molar-refractivity contribution in [3.8, 4) is 0 Å². The molecule has 3 aromatic rings. The molecule has 0 fully saturated rings. The number of nitrogens with zero attached hydrogens (tertiary/aromatic N) is 2. The second kappa shape index (κ2) is 11.5. The third kappa shape index (κ3) is 6.26. The highest BCUT2D eigenvalue weighted by atomic mass is 35.5. The summed E-state index contributed by atoms with van der Waals surface area (Å²) in [6, 6.07) is 8.28. The van der Waals surface area contributed by atoms with Crippen molar-refractivity contribution >= 4 is 56.6 Å². The van der Waals surface area contributed by atoms with E-state index in [1.165, 1.54) is 24.4 Å². The Morgan fingerprint density at radius 2 is 1.80 bits per heavy atom. The number of fused-ring (bicyclic) bond motifs is 1. The van der Waals surface area contributed by atoms with Gasteiger partial charge in [0.1, 0.15) is 0 Å². The van der Waals surface area contributed by atoms with Gasteiger partial charge in [0.25, 0.3) is 15.9 Å². The number of carbonyl (C=O) groups excluding carboxylic acids is 2. The number of sulfonamides is 1. The van der Waals surface area contributed by atoms with E-state index < -0.39 is 44.7 Å². The molecule has 0 saturated carbocycles. The minimum Gasteiger partial charge on any atom is -0.450 e. The Bertz CT molecular complexity index is 1550. The van der Waals surface area contributed by atoms with Crippen molar-refractivity contribution in [3.63, 3.8) is 0 Å². The topological polar surface area (TPSA) is 118 Å². The van der Waals surface area contributed by atoms with Crippen LogP contribution in [-0.2, 0) is 27.4 Å². The number of anilines is 2. The van der Waals surface area contributed by atoms with Gasteiger partial charge in [0.05, 0.1) is 68.5 Å². The molecule has 1 aliphatic rings. The van der Waals surface area contributed by atoms with Crippen LogP contribution in [-0.4, -0.2) is 44.6 Å². The average molecular weight is 617 g/mol. The second-order valence-corrected chi connectivity index (χ2v) is 11.2. The van der Waals surface area contributed by atoms with Gasteiger partial charge in [0, 0.05) is 6.42 Å². The van der Waals surface area contributed by atoms with E-state index in [2.05, 4.69) is 15.6 Å². The first kappa shape index (κ1) is 29.4. The number of hydrogen-bond acceptors (Lipinski definition) is 6. The fourth-order valence-corrected chi connectivity index (χ4v) is 6.19. The van der Waals surface area contributed by atoms with Crippen LogP contribution >= 0.6 is 23.2 Å². The molecule has 1 atom stereocenters. The fraction of sp³-hybridized carbons (Fsp3) is 0.240. The number of aromatic nitrogens is 1. The molecule has 40 heavy (non-hydrogen) atoms. The normalized spacial score (nSPS) is 15.2. The van der Waals surface area contributed by atoms with Crippen molar-refractivity contribution in [2.24, 2.45) is 0 Å². The number of carbonyl (C=O) groups is 2. The van der Waals surface area contributed by atoms with E-state index in [0.717, 1.165) is 22.5 Å². The monoisotopic (exact) mass is 616 g/mol. The summed E-state index contributed by atoms with van der Waals surface area (Å²) in [5.41, 5.74) is -0.890. The standard InChI is InChI=1S/C25H21Cl2F3N4O5S/c1-2-39-24(36)33-16-10-20-21(11-15(12-31-20)32-23(35)22-18(26)7-4-8-19(22)27)34(13-16)40(37,38)17-6-3-5-14(9-17)25(28,29)30/h3-9,11-12,16H,2,10,13H2,1H3,(H,32,35)(H,33,36)/t16-/m1/s1. The van der Waals surface area contributed by atoms with Crippen LogP contribution in [0.4, 0.5) is 29.3 Å². The van der Waals surface area contributed by atoms with Crippen LogP contribution in [0.2, 0.25) is 10.0 Å². The van der Waals surface area contributed by atoms with Crippen molar-refractivity contribution in [1.29, 1.82) is 0 Å². The molecule has 0 bridgehead atoms. The Morgan fingerprint density at radius 1 is 1.12 bits per heavy atom. The Morgan fingerprint density at radius 3 is 2.45 bits per heavy atom. The van der Waals surface area contributed by atoms with Gasteiger partial charge in [-0.2, -0.15) is 13.2 Å². The zero-order valence-corrected chi connectivity index (χ0v) is 23.0. The summed E-state index contributed by atoms with van der Waals surface area (Å²) in [7, 11) is -4.60. The number of nitrogens with one attached hydrogen (secondary N) is 2. The lowest BCUT2D eigenvalue weighted by atomic mass is 10.0. The zero-order chi connectivity index (χ0) is 29.2. The smallest absolute Gasteiger partial charge is 0.416 e. The van der Waals surface area contributed by atoms with Crippen LogP contribution in [0.25, 0.3) is 0 Å². The highest BCUT2D eigenvalue weighted by Crippen LogP contribution is 2.36. The highest BCUT2D eigenvalue weighted by Gasteiger charge is 2.37. The van der Waals surface area contributed by atoms with Crippen molar-refractivity contribution in [2.45, 2.75) is 30.5 Å². The van der Waals surface area contributed by atoms with Crippen LogP contribution in [0.5, 0.6) is 0 Å². The molecule has 2 amide bonds. The van der Waals surface area contributed by atoms with Gasteiger partial charge >= 0.3 is 12.3 Å². The van der Waals surface area contributed by atoms with E-state index in [0.29, 0.717) is 6.07 Å². The molecule has 0 unspecified atom stereocenters. The van der Waals surface area contributed by atoms with Crippen LogP contribution in [0.1, 0.15) is 28.5 Å². The lowest BCUT2D eigenvalue weighted by Gasteiger charge is -2.35. The second-order valence-electron chi connectivity index (χ2n) is 8.57. The predicted octanol–water partition coefficient (Wildman–Crippen LogP) is 5.53. The first-order valence-electron chi connectivity index (χ1n) is 11.7. The number of amides is 2. The summed E-state index contributed by atoms with van der Waals surface area (Å²) < 4.78 is 73.2. The maximum Gasteiger partial charge on any atom is 0.416 e. The Balaban J connectivity index is 1.75. The number of benzene rings is 2. The predicted molar refractivity (Wildman–Crippen MR) is 142 cm³/mol. The van der Waals surface area contributed by atoms with Crippen LogP contribution in [0, 0.1) is 0 Å². The molecule has 0 saturated heterocycles. The zero-order valence-electron chi connectivity index (χ0n) is 20.6. The van der Waals surface area contributed by atoms with E-state index in [-0.39, 0.29) is 52.2 Å². The largest absolute Gasteiger partial charge is 0.450 e. The van der Waals surface area contributed by atoms with Gasteiger partial charge < -0.3 is 15.4 Å². The molecule has 212 valence electrons. The quantitative estimate of drug-likeness (QED) is 0.376. The Hall–Kier alpha value is -3.55. The lowest BCUT2D eigenvalue weighted by Crippen LogP contribution is -2.50. The minimum absolute atomic E-state index is 0.00220. The minimum atomic E-state index is -4.78. The number of ether oxygens (including phenoxy) is 1. The molecule has 1 aromatic heterocycles. The number of alkyl carbamates (subject to hydrolysis) is 1. The van der Waals surface area contributed by atoms with Gasteiger partial charge in [0.2, 0.25) is 0 Å². The third-order valence-corrected chi connectivity index (χ3v) is 8.24. The number of rotatable bonds is 6. The molecular weight excluding hydrogens is 596 g/mol. The molecule has 0 spiro atoms. The van der Waals surface area contributed by atoms with Gasteiger partial charge in [-0.25, -0.2) is 13.2 Å². The highest BCUT2D eigenvalue weighted by molar-refractivity contribution is 7.92. The molecule has 0 aliphatic carbocycles. The summed E-state index contributed by atoms with van der Waals surface area (Å²) in [5.74, 6) is -0.692. The summed E-state index contributed by atoms with van der Waals surface area (Å²) >= 11 is 12.2. The van der Waals surface area contributed by atoms with Crippen molar-refractivity contribution in [2.75, 3.05) is 22.8 Å². The van der Waals surface area contributed by atoms with Crippen LogP contribution in [0.15, 0.2) is 59.6 Å². The van der Waals surface area contributed by atoms with Crippen molar-refractivity contribution < 1.29 is 35.9 Å². The van der Waals surface area contributed by atoms with Gasteiger partial charge in [-0.05, 0) is 43.3 Å². The number of alkyl halides is 3. The molecule has 0 radical (unpaired) electrons. The molecule has 15 heteroatoms. The molecule has 1 aliphatic heterocycles. The van der Waals surface area contributed by atoms with E-state index in [4.69, 9.17) is 27.9 Å². The molecule has 2 heterocycles. The Kier molecular flexibility index (Phi) is 8.47. The van der Waals surface area contributed by atoms with Crippen molar-refractivity contribution in [3.05, 3.63) is 81.6 Å². The third-order valence-electron chi connectivity index (χ3n) is 5.84. The maximum atomic E-state index is 13.7. The van der Waals surface area contributed by atoms with Crippen LogP contribution < -0.4 is 14.9 Å². The van der Waals surface area contributed by atoms with Gasteiger partial charge in [-0.1, -0.05) is 35.3 Å². The molecular formula is C25H21Cl2F3N4O5S. The maximum absolute atomic E-state index is 13.7. The summed E-state index contributed by atoms with van der Waals surface area (Å²) in [6.45, 7) is 1.31. The number of pyridine rings is 1. The summed E-state index contributed by atoms with van der Waals surface area (Å²) in [5, 5.41) is 5.27. The average Bonchev–Trinajstić information content (AvgIpc) is 2.88. The first-order chi connectivity index (χ1) is 18.8. The molecule has 2 N–H and O–H groups in total. The van der Waals surface area contributed by atoms with Gasteiger partial charge in [-0.15, -0.1) is 0 Å². The first-order valence-corrected chi connectivity index (χ1v) is 13.9. The van der Waals surface area contributed by atoms with E-state index >= 15 is 0 Å². The number of hydrogen-bond donors (Lipinski definition) is 2. The fourth-order valence-electron chi connectivity index (χ4n) is 4.05. The van der Waals surface area contributed by atoms with E-state index in [9.17, 15) is 31.2 Å². The van der Waals surface area contributed by atoms with Gasteiger partial charge in [-0.3, -0.25) is 14.1 Å². The summed E-state index contributed by atoms with van der Waals surface area (Å²) in [6.07, 6.45) is -4.23. The van der Waals surface area contributed by atoms with Crippen molar-refractivity contribution in [1.82, 2.24) is 10.3 Å².